The van der Waals surface area contributed by atoms with E-state index in [1.807, 2.05) is 0 Å². The number of carbonyl (C=O) groups is 1. The Morgan fingerprint density at radius 1 is 1.54 bits per heavy atom. The molecule has 0 saturated carbocycles. The van der Waals surface area contributed by atoms with Crippen molar-refractivity contribution in [1.82, 2.24) is 5.32 Å². The Hall–Kier alpha value is -1.13. The van der Waals surface area contributed by atoms with Gasteiger partial charge in [0.25, 0.3) is 0 Å². The Balaban J connectivity index is 3.70. The number of alkyl carbamates (subject to hydrolysis) is 1. The fourth-order valence-corrected chi connectivity index (χ4v) is 0.582. The van der Waals surface area contributed by atoms with Gasteiger partial charge in [-0.05, 0) is 27.7 Å². The van der Waals surface area contributed by atoms with E-state index in [1.54, 1.807) is 27.7 Å². The quantitative estimate of drug-likeness (QED) is 0.685. The molecular formula is C8H16N2O3. The molecule has 1 amide bonds. The van der Waals surface area contributed by atoms with E-state index in [0.717, 1.165) is 0 Å². The molecule has 0 aromatic rings. The summed E-state index contributed by atoms with van der Waals surface area (Å²) in [7, 11) is 0. The van der Waals surface area contributed by atoms with Gasteiger partial charge >= 0.3 is 6.09 Å². The van der Waals surface area contributed by atoms with Crippen LogP contribution in [0.5, 0.6) is 0 Å². The normalized spacial score (nSPS) is 13.2. The first-order chi connectivity index (χ1) is 5.85. The summed E-state index contributed by atoms with van der Waals surface area (Å²) in [5, 5.41) is 5.17. The summed E-state index contributed by atoms with van der Waals surface area (Å²) in [6.07, 6.45) is -0.525. The van der Waals surface area contributed by atoms with Crippen LogP contribution in [-0.4, -0.2) is 24.3 Å². The van der Waals surface area contributed by atoms with Crippen LogP contribution in [0.2, 0.25) is 0 Å². The number of rotatable bonds is 3. The van der Waals surface area contributed by atoms with Crippen molar-refractivity contribution in [2.75, 3.05) is 6.54 Å². The second kappa shape index (κ2) is 4.79. The number of nitroso groups, excluding NO2 is 1. The molecule has 0 aromatic heterocycles. The first-order valence-corrected chi connectivity index (χ1v) is 4.14. The minimum atomic E-state index is -0.525. The topological polar surface area (TPSA) is 67.8 Å². The number of hydrogen-bond acceptors (Lipinski definition) is 4. The first kappa shape index (κ1) is 11.9. The van der Waals surface area contributed by atoms with Crippen molar-refractivity contribution in [2.24, 2.45) is 5.18 Å². The SMILES string of the molecule is CC(CNC(=O)OC(C)(C)C)N=O. The number of hydrogen-bond donors (Lipinski definition) is 1. The molecule has 0 aliphatic rings. The molecule has 0 saturated heterocycles. The monoisotopic (exact) mass is 188 g/mol. The van der Waals surface area contributed by atoms with Crippen molar-refractivity contribution in [3.05, 3.63) is 4.91 Å². The van der Waals surface area contributed by atoms with Crippen molar-refractivity contribution in [2.45, 2.75) is 39.3 Å². The van der Waals surface area contributed by atoms with E-state index in [4.69, 9.17) is 4.74 Å². The zero-order valence-corrected chi connectivity index (χ0v) is 8.46. The van der Waals surface area contributed by atoms with Crippen LogP contribution < -0.4 is 5.32 Å². The second-order valence-electron chi connectivity index (χ2n) is 3.84. The van der Waals surface area contributed by atoms with Gasteiger partial charge in [-0.15, -0.1) is 0 Å². The van der Waals surface area contributed by atoms with Gasteiger partial charge in [0.1, 0.15) is 11.6 Å². The summed E-state index contributed by atoms with van der Waals surface area (Å²) in [5.41, 5.74) is -0.512. The molecule has 0 radical (unpaired) electrons. The first-order valence-electron chi connectivity index (χ1n) is 4.14. The van der Waals surface area contributed by atoms with E-state index in [-0.39, 0.29) is 6.54 Å². The Morgan fingerprint density at radius 3 is 2.46 bits per heavy atom. The summed E-state index contributed by atoms with van der Waals surface area (Å²) in [4.78, 5) is 21.0. The molecule has 0 aliphatic carbocycles. The highest BCUT2D eigenvalue weighted by Crippen LogP contribution is 2.06. The van der Waals surface area contributed by atoms with Crippen molar-refractivity contribution in [3.8, 4) is 0 Å². The molecule has 5 heteroatoms. The van der Waals surface area contributed by atoms with Crippen molar-refractivity contribution in [3.63, 3.8) is 0 Å². The van der Waals surface area contributed by atoms with Gasteiger partial charge in [0.05, 0.1) is 0 Å². The predicted molar refractivity (Wildman–Crippen MR) is 49.5 cm³/mol. The minimum absolute atomic E-state index is 0.207. The molecular weight excluding hydrogens is 172 g/mol. The molecule has 0 aromatic carbocycles. The molecule has 0 fully saturated rings. The lowest BCUT2D eigenvalue weighted by atomic mass is 10.2. The van der Waals surface area contributed by atoms with E-state index in [2.05, 4.69) is 10.5 Å². The van der Waals surface area contributed by atoms with E-state index in [1.165, 1.54) is 0 Å². The van der Waals surface area contributed by atoms with Gasteiger partial charge in [-0.2, -0.15) is 4.91 Å². The molecule has 0 aliphatic heterocycles. The third kappa shape index (κ3) is 7.24. The smallest absolute Gasteiger partial charge is 0.407 e. The molecule has 1 atom stereocenters. The third-order valence-corrected chi connectivity index (χ3v) is 1.12. The Kier molecular flexibility index (Phi) is 4.37. The van der Waals surface area contributed by atoms with Gasteiger partial charge in [-0.25, -0.2) is 4.79 Å². The molecule has 0 spiro atoms. The van der Waals surface area contributed by atoms with E-state index in [9.17, 15) is 9.70 Å². The lowest BCUT2D eigenvalue weighted by molar-refractivity contribution is 0.0525. The van der Waals surface area contributed by atoms with Crippen LogP contribution in [-0.2, 0) is 4.74 Å². The zero-order chi connectivity index (χ0) is 10.5. The van der Waals surface area contributed by atoms with Crippen molar-refractivity contribution < 1.29 is 9.53 Å². The molecule has 1 unspecified atom stereocenters. The standard InChI is InChI=1S/C8H16N2O3/c1-6(10-12)5-9-7(11)13-8(2,3)4/h6H,5H2,1-4H3,(H,9,11). The molecule has 0 heterocycles. The minimum Gasteiger partial charge on any atom is -0.444 e. The van der Waals surface area contributed by atoms with Crippen molar-refractivity contribution in [1.29, 1.82) is 0 Å². The van der Waals surface area contributed by atoms with Gasteiger partial charge in [-0.1, -0.05) is 5.18 Å². The zero-order valence-electron chi connectivity index (χ0n) is 8.46. The van der Waals surface area contributed by atoms with Gasteiger partial charge in [0.2, 0.25) is 0 Å². The van der Waals surface area contributed by atoms with Crippen LogP contribution >= 0.6 is 0 Å². The highest BCUT2D eigenvalue weighted by atomic mass is 16.6. The van der Waals surface area contributed by atoms with Crippen LogP contribution in [0.25, 0.3) is 0 Å². The van der Waals surface area contributed by atoms with Crippen LogP contribution in [0.3, 0.4) is 0 Å². The fourth-order valence-electron chi connectivity index (χ4n) is 0.582. The fraction of sp³-hybridized carbons (Fsp3) is 0.875. The maximum Gasteiger partial charge on any atom is 0.407 e. The average Bonchev–Trinajstić information content (AvgIpc) is 1.97. The van der Waals surface area contributed by atoms with E-state index in [0.29, 0.717) is 0 Å². The summed E-state index contributed by atoms with van der Waals surface area (Å²) in [6, 6.07) is -0.424. The number of amides is 1. The van der Waals surface area contributed by atoms with Gasteiger partial charge in [0, 0.05) is 6.54 Å². The maximum absolute atomic E-state index is 11.0. The summed E-state index contributed by atoms with van der Waals surface area (Å²) in [5.74, 6) is 0. The molecule has 13 heavy (non-hydrogen) atoms. The Labute approximate surface area is 77.8 Å². The summed E-state index contributed by atoms with van der Waals surface area (Å²) < 4.78 is 4.94. The summed E-state index contributed by atoms with van der Waals surface area (Å²) in [6.45, 7) is 7.14. The van der Waals surface area contributed by atoms with Crippen LogP contribution in [0.1, 0.15) is 27.7 Å². The molecule has 76 valence electrons. The number of ether oxygens (including phenoxy) is 1. The maximum atomic E-state index is 11.0. The third-order valence-electron chi connectivity index (χ3n) is 1.12. The average molecular weight is 188 g/mol. The lowest BCUT2D eigenvalue weighted by Crippen LogP contribution is -2.35. The van der Waals surface area contributed by atoms with Crippen LogP contribution in [0, 0.1) is 4.91 Å². The molecule has 0 rings (SSSR count). The Bertz CT molecular complexity index is 186. The highest BCUT2D eigenvalue weighted by molar-refractivity contribution is 5.67. The van der Waals surface area contributed by atoms with Crippen LogP contribution in [0.4, 0.5) is 4.79 Å². The predicted octanol–water partition coefficient (Wildman–Crippen LogP) is 1.67. The number of nitrogens with one attached hydrogen (secondary N) is 1. The van der Waals surface area contributed by atoms with Gasteiger partial charge in [0.15, 0.2) is 0 Å². The molecule has 1 N–H and O–H groups in total. The molecule has 5 nitrogen and oxygen atoms in total. The number of nitrogens with zero attached hydrogens (tertiary/aromatic N) is 1. The lowest BCUT2D eigenvalue weighted by Gasteiger charge is -2.19. The van der Waals surface area contributed by atoms with E-state index < -0.39 is 17.7 Å². The van der Waals surface area contributed by atoms with Gasteiger partial charge < -0.3 is 10.1 Å². The van der Waals surface area contributed by atoms with Gasteiger partial charge in [-0.3, -0.25) is 0 Å². The van der Waals surface area contributed by atoms with Crippen molar-refractivity contribution >= 4 is 6.09 Å². The highest BCUT2D eigenvalue weighted by Gasteiger charge is 2.16. The largest absolute Gasteiger partial charge is 0.444 e. The molecule has 0 bridgehead atoms. The Morgan fingerprint density at radius 2 is 2.08 bits per heavy atom. The van der Waals surface area contributed by atoms with E-state index >= 15 is 0 Å². The van der Waals surface area contributed by atoms with Crippen LogP contribution in [0.15, 0.2) is 5.18 Å². The second-order valence-corrected chi connectivity index (χ2v) is 3.84. The summed E-state index contributed by atoms with van der Waals surface area (Å²) >= 11 is 0. The number of carbonyl (C=O) groups excluding carboxylic acids is 1.